The van der Waals surface area contributed by atoms with Crippen LogP contribution < -0.4 is 15.4 Å². The van der Waals surface area contributed by atoms with Gasteiger partial charge in [-0.15, -0.1) is 0 Å². The summed E-state index contributed by atoms with van der Waals surface area (Å²) in [5.41, 5.74) is 7.78. The van der Waals surface area contributed by atoms with Gasteiger partial charge in [0.05, 0.1) is 25.6 Å². The molecule has 0 spiro atoms. The third-order valence-electron chi connectivity index (χ3n) is 2.93. The summed E-state index contributed by atoms with van der Waals surface area (Å²) in [5.74, 6) is 1.69. The molecule has 2 aromatic rings. The Balaban J connectivity index is 2.19. The van der Waals surface area contributed by atoms with Gasteiger partial charge in [-0.2, -0.15) is 0 Å². The SMILES string of the molecule is COc1ccccc1N(C)Cc1ccoc1CN. The van der Waals surface area contributed by atoms with Crippen molar-refractivity contribution in [1.82, 2.24) is 0 Å². The molecule has 0 aliphatic carbocycles. The number of methoxy groups -OCH3 is 1. The van der Waals surface area contributed by atoms with Crippen LogP contribution in [0.4, 0.5) is 5.69 Å². The van der Waals surface area contributed by atoms with Gasteiger partial charge < -0.3 is 19.8 Å². The van der Waals surface area contributed by atoms with Crippen LogP contribution in [0.5, 0.6) is 5.75 Å². The van der Waals surface area contributed by atoms with Crippen LogP contribution in [0, 0.1) is 0 Å². The quantitative estimate of drug-likeness (QED) is 0.880. The number of benzene rings is 1. The molecule has 0 saturated carbocycles. The second-order valence-electron chi connectivity index (χ2n) is 4.10. The monoisotopic (exact) mass is 246 g/mol. The van der Waals surface area contributed by atoms with Gasteiger partial charge in [-0.05, 0) is 18.2 Å². The van der Waals surface area contributed by atoms with Crippen molar-refractivity contribution in [2.45, 2.75) is 13.1 Å². The van der Waals surface area contributed by atoms with Crippen LogP contribution in [0.1, 0.15) is 11.3 Å². The number of hydrogen-bond acceptors (Lipinski definition) is 4. The molecule has 0 bridgehead atoms. The van der Waals surface area contributed by atoms with E-state index in [2.05, 4.69) is 4.90 Å². The normalized spacial score (nSPS) is 10.4. The summed E-state index contributed by atoms with van der Waals surface area (Å²) < 4.78 is 10.7. The van der Waals surface area contributed by atoms with E-state index in [9.17, 15) is 0 Å². The second-order valence-corrected chi connectivity index (χ2v) is 4.10. The smallest absolute Gasteiger partial charge is 0.142 e. The summed E-state index contributed by atoms with van der Waals surface area (Å²) in [4.78, 5) is 2.11. The van der Waals surface area contributed by atoms with E-state index < -0.39 is 0 Å². The van der Waals surface area contributed by atoms with Gasteiger partial charge in [-0.3, -0.25) is 0 Å². The number of nitrogens with zero attached hydrogens (tertiary/aromatic N) is 1. The molecule has 0 fully saturated rings. The topological polar surface area (TPSA) is 51.6 Å². The predicted octanol–water partition coefficient (Wildman–Crippen LogP) is 2.38. The molecule has 0 radical (unpaired) electrons. The molecule has 4 heteroatoms. The zero-order valence-electron chi connectivity index (χ0n) is 10.7. The van der Waals surface area contributed by atoms with Crippen molar-refractivity contribution in [2.75, 3.05) is 19.1 Å². The Labute approximate surface area is 107 Å². The molecule has 2 rings (SSSR count). The maximum absolute atomic E-state index is 5.63. The molecular weight excluding hydrogens is 228 g/mol. The van der Waals surface area contributed by atoms with Crippen molar-refractivity contribution in [3.05, 3.63) is 47.9 Å². The molecule has 0 aliphatic rings. The lowest BCUT2D eigenvalue weighted by molar-refractivity contribution is 0.414. The summed E-state index contributed by atoms with van der Waals surface area (Å²) >= 11 is 0. The Bertz CT molecular complexity index is 508. The van der Waals surface area contributed by atoms with E-state index in [1.807, 2.05) is 37.4 Å². The van der Waals surface area contributed by atoms with Crippen LogP contribution in [-0.2, 0) is 13.1 Å². The molecular formula is C14H18N2O2. The first-order valence-electron chi connectivity index (χ1n) is 5.85. The fraction of sp³-hybridized carbons (Fsp3) is 0.286. The van der Waals surface area contributed by atoms with E-state index in [1.165, 1.54) is 0 Å². The van der Waals surface area contributed by atoms with E-state index in [0.717, 1.165) is 29.3 Å². The largest absolute Gasteiger partial charge is 0.495 e. The van der Waals surface area contributed by atoms with Crippen molar-refractivity contribution in [3.8, 4) is 5.75 Å². The maximum atomic E-state index is 5.63. The standard InChI is InChI=1S/C14H18N2O2/c1-16(10-11-7-8-18-14(11)9-15)12-5-3-4-6-13(12)17-2/h3-8H,9-10,15H2,1-2H3. The summed E-state index contributed by atoms with van der Waals surface area (Å²) in [5, 5.41) is 0. The highest BCUT2D eigenvalue weighted by molar-refractivity contribution is 5.58. The van der Waals surface area contributed by atoms with Crippen molar-refractivity contribution >= 4 is 5.69 Å². The predicted molar refractivity (Wildman–Crippen MR) is 71.7 cm³/mol. The molecule has 4 nitrogen and oxygen atoms in total. The Kier molecular flexibility index (Phi) is 3.89. The van der Waals surface area contributed by atoms with E-state index in [4.69, 9.17) is 14.9 Å². The number of ether oxygens (including phenoxy) is 1. The highest BCUT2D eigenvalue weighted by Gasteiger charge is 2.11. The van der Waals surface area contributed by atoms with Crippen LogP contribution in [0.3, 0.4) is 0 Å². The summed E-state index contributed by atoms with van der Waals surface area (Å²) in [7, 11) is 3.70. The van der Waals surface area contributed by atoms with Crippen LogP contribution >= 0.6 is 0 Å². The van der Waals surface area contributed by atoms with Crippen LogP contribution in [0.25, 0.3) is 0 Å². The van der Waals surface area contributed by atoms with Gasteiger partial charge in [0.2, 0.25) is 0 Å². The number of nitrogens with two attached hydrogens (primary N) is 1. The molecule has 1 aromatic carbocycles. The minimum atomic E-state index is 0.419. The molecule has 2 N–H and O–H groups in total. The number of anilines is 1. The van der Waals surface area contributed by atoms with E-state index in [1.54, 1.807) is 13.4 Å². The molecule has 0 saturated heterocycles. The molecule has 0 aliphatic heterocycles. The highest BCUT2D eigenvalue weighted by Crippen LogP contribution is 2.28. The first kappa shape index (κ1) is 12.5. The third-order valence-corrected chi connectivity index (χ3v) is 2.93. The van der Waals surface area contributed by atoms with Crippen molar-refractivity contribution in [2.24, 2.45) is 5.73 Å². The zero-order valence-corrected chi connectivity index (χ0v) is 10.7. The molecule has 1 heterocycles. The van der Waals surface area contributed by atoms with Crippen molar-refractivity contribution in [1.29, 1.82) is 0 Å². The van der Waals surface area contributed by atoms with Gasteiger partial charge in [0, 0.05) is 19.2 Å². The molecule has 0 amide bonds. The lowest BCUT2D eigenvalue weighted by Crippen LogP contribution is -2.18. The molecule has 18 heavy (non-hydrogen) atoms. The van der Waals surface area contributed by atoms with Crippen LogP contribution in [0.2, 0.25) is 0 Å². The van der Waals surface area contributed by atoms with Crippen molar-refractivity contribution < 1.29 is 9.15 Å². The fourth-order valence-corrected chi connectivity index (χ4v) is 1.97. The second kappa shape index (κ2) is 5.60. The molecule has 0 atom stereocenters. The average molecular weight is 246 g/mol. The van der Waals surface area contributed by atoms with Crippen LogP contribution in [-0.4, -0.2) is 14.2 Å². The zero-order chi connectivity index (χ0) is 13.0. The summed E-state index contributed by atoms with van der Waals surface area (Å²) in [6.07, 6.45) is 1.67. The summed E-state index contributed by atoms with van der Waals surface area (Å²) in [6.45, 7) is 1.16. The van der Waals surface area contributed by atoms with E-state index in [0.29, 0.717) is 6.54 Å². The third kappa shape index (κ3) is 2.49. The van der Waals surface area contributed by atoms with Gasteiger partial charge in [0.15, 0.2) is 0 Å². The summed E-state index contributed by atoms with van der Waals surface area (Å²) in [6, 6.07) is 9.88. The average Bonchev–Trinajstić information content (AvgIpc) is 2.85. The number of furan rings is 1. The first-order chi connectivity index (χ1) is 8.76. The Morgan fingerprint density at radius 1 is 1.28 bits per heavy atom. The molecule has 1 aromatic heterocycles. The van der Waals surface area contributed by atoms with E-state index in [-0.39, 0.29) is 0 Å². The Morgan fingerprint density at radius 3 is 2.78 bits per heavy atom. The maximum Gasteiger partial charge on any atom is 0.142 e. The Morgan fingerprint density at radius 2 is 2.06 bits per heavy atom. The number of para-hydroxylation sites is 2. The minimum Gasteiger partial charge on any atom is -0.495 e. The minimum absolute atomic E-state index is 0.419. The van der Waals surface area contributed by atoms with Gasteiger partial charge in [0.25, 0.3) is 0 Å². The molecule has 0 unspecified atom stereocenters. The van der Waals surface area contributed by atoms with Crippen LogP contribution in [0.15, 0.2) is 41.0 Å². The lowest BCUT2D eigenvalue weighted by Gasteiger charge is -2.21. The highest BCUT2D eigenvalue weighted by atomic mass is 16.5. The van der Waals surface area contributed by atoms with Gasteiger partial charge >= 0.3 is 0 Å². The van der Waals surface area contributed by atoms with Gasteiger partial charge in [-0.25, -0.2) is 0 Å². The van der Waals surface area contributed by atoms with Gasteiger partial charge in [0.1, 0.15) is 11.5 Å². The van der Waals surface area contributed by atoms with Gasteiger partial charge in [-0.1, -0.05) is 12.1 Å². The number of rotatable bonds is 5. The van der Waals surface area contributed by atoms with E-state index >= 15 is 0 Å². The molecule has 96 valence electrons. The lowest BCUT2D eigenvalue weighted by atomic mass is 10.2. The Hall–Kier alpha value is -1.94. The first-order valence-corrected chi connectivity index (χ1v) is 5.85. The van der Waals surface area contributed by atoms with Crippen molar-refractivity contribution in [3.63, 3.8) is 0 Å². The number of hydrogen-bond donors (Lipinski definition) is 1. The fourth-order valence-electron chi connectivity index (χ4n) is 1.97.